The summed E-state index contributed by atoms with van der Waals surface area (Å²) in [5.41, 5.74) is 0. The highest BCUT2D eigenvalue weighted by atomic mass is 15.3. The lowest BCUT2D eigenvalue weighted by atomic mass is 9.47. The van der Waals surface area contributed by atoms with Crippen molar-refractivity contribution >= 4 is 0 Å². The SMILES string of the molecule is CC1CCCCC1N(C1CCCC(N(C2CCCCC2C)C2CCC3CCC4CCCC5CCC2C3C45)C1)C1CCC2CCC3CCCC4CCC1C2C34. The molecule has 2 nitrogen and oxygen atoms in total. The molecule has 304 valence electrons. The third-order valence-corrected chi connectivity index (χ3v) is 21.8. The smallest absolute Gasteiger partial charge is 0.0132 e. The molecular weight excluding hydrogens is 653 g/mol. The second kappa shape index (κ2) is 15.5. The molecule has 11 aliphatic carbocycles. The number of nitrogens with zero attached hydrogens (tertiary/aromatic N) is 2. The maximum atomic E-state index is 3.50. The van der Waals surface area contributed by atoms with Crippen LogP contribution in [0, 0.1) is 82.9 Å². The Morgan fingerprint density at radius 1 is 0.278 bits per heavy atom. The van der Waals surface area contributed by atoms with Crippen molar-refractivity contribution in [2.24, 2.45) is 82.9 Å². The first-order chi connectivity index (χ1) is 26.6. The van der Waals surface area contributed by atoms with Gasteiger partial charge in [0.15, 0.2) is 0 Å². The standard InChI is InChI=1S/C52H86N2/c1-33-10-3-5-18-45(33)53(47-30-26-39-22-20-35-12-7-14-37-24-28-43(47)51(39)49(35)37)41-16-9-17-42(32-41)54(46-19-6-4-11-34(46)2)48-31-27-40-23-21-36-13-8-15-38-25-29-44(48)52(40)50(36)38/h33-52H,3-32H2,1-2H3. The van der Waals surface area contributed by atoms with Gasteiger partial charge >= 0.3 is 0 Å². The van der Waals surface area contributed by atoms with Gasteiger partial charge < -0.3 is 0 Å². The van der Waals surface area contributed by atoms with E-state index in [0.29, 0.717) is 0 Å². The predicted octanol–water partition coefficient (Wildman–Crippen LogP) is 13.3. The summed E-state index contributed by atoms with van der Waals surface area (Å²) in [6, 6.07) is 5.33. The van der Waals surface area contributed by atoms with Crippen LogP contribution in [0.1, 0.15) is 206 Å². The largest absolute Gasteiger partial charge is 0.294 e. The maximum Gasteiger partial charge on any atom is 0.0132 e. The first-order valence-electron chi connectivity index (χ1n) is 26.2. The van der Waals surface area contributed by atoms with Crippen molar-refractivity contribution in [2.75, 3.05) is 0 Å². The van der Waals surface area contributed by atoms with E-state index in [0.717, 1.165) is 119 Å². The van der Waals surface area contributed by atoms with E-state index >= 15 is 0 Å². The van der Waals surface area contributed by atoms with Crippen molar-refractivity contribution in [1.82, 2.24) is 9.80 Å². The summed E-state index contributed by atoms with van der Waals surface area (Å²) in [6.45, 7) is 5.45. The van der Waals surface area contributed by atoms with Crippen LogP contribution in [0.15, 0.2) is 0 Å². The Kier molecular flexibility index (Phi) is 10.6. The van der Waals surface area contributed by atoms with Gasteiger partial charge in [0.05, 0.1) is 0 Å². The van der Waals surface area contributed by atoms with Crippen LogP contribution in [0.3, 0.4) is 0 Å². The molecule has 0 radical (unpaired) electrons. The van der Waals surface area contributed by atoms with Crippen molar-refractivity contribution in [3.63, 3.8) is 0 Å². The van der Waals surface area contributed by atoms with Crippen molar-refractivity contribution in [2.45, 2.75) is 243 Å². The van der Waals surface area contributed by atoms with Crippen LogP contribution in [-0.4, -0.2) is 46.1 Å². The quantitative estimate of drug-likeness (QED) is 0.268. The van der Waals surface area contributed by atoms with Crippen LogP contribution in [0.2, 0.25) is 0 Å². The normalized spacial score (nSPS) is 54.4. The summed E-state index contributed by atoms with van der Waals surface area (Å²) >= 11 is 0. The molecule has 2 heteroatoms. The van der Waals surface area contributed by atoms with Gasteiger partial charge in [0.25, 0.3) is 0 Å². The third kappa shape index (κ3) is 6.32. The lowest BCUT2D eigenvalue weighted by Gasteiger charge is -2.63. The Morgan fingerprint density at radius 2 is 0.630 bits per heavy atom. The highest BCUT2D eigenvalue weighted by Crippen LogP contribution is 2.63. The minimum absolute atomic E-state index is 0.866. The lowest BCUT2D eigenvalue weighted by Crippen LogP contribution is -2.64. The zero-order valence-corrected chi connectivity index (χ0v) is 35.7. The van der Waals surface area contributed by atoms with Gasteiger partial charge in [-0.05, 0) is 205 Å². The molecule has 0 bridgehead atoms. The van der Waals surface area contributed by atoms with Crippen LogP contribution in [-0.2, 0) is 0 Å². The average molecular weight is 739 g/mol. The summed E-state index contributed by atoms with van der Waals surface area (Å²) in [5.74, 6) is 15.0. The molecule has 0 spiro atoms. The van der Waals surface area contributed by atoms with Crippen molar-refractivity contribution in [3.05, 3.63) is 0 Å². The third-order valence-electron chi connectivity index (χ3n) is 21.8. The Bertz CT molecular complexity index is 1170. The monoisotopic (exact) mass is 739 g/mol. The molecule has 20 unspecified atom stereocenters. The minimum atomic E-state index is 0.866. The van der Waals surface area contributed by atoms with Crippen LogP contribution in [0.25, 0.3) is 0 Å². The van der Waals surface area contributed by atoms with E-state index in [1.54, 1.807) is 122 Å². The highest BCUT2D eigenvalue weighted by molar-refractivity contribution is 5.10. The molecule has 11 saturated carbocycles. The van der Waals surface area contributed by atoms with Gasteiger partial charge in [0, 0.05) is 36.3 Å². The van der Waals surface area contributed by atoms with Crippen molar-refractivity contribution < 1.29 is 0 Å². The van der Waals surface area contributed by atoms with Crippen LogP contribution < -0.4 is 0 Å². The van der Waals surface area contributed by atoms with Crippen LogP contribution in [0.5, 0.6) is 0 Å². The molecule has 0 amide bonds. The second-order valence-electron chi connectivity index (χ2n) is 23.7. The van der Waals surface area contributed by atoms with Gasteiger partial charge in [-0.3, -0.25) is 9.80 Å². The van der Waals surface area contributed by atoms with E-state index in [2.05, 4.69) is 23.6 Å². The van der Waals surface area contributed by atoms with Gasteiger partial charge in [-0.1, -0.05) is 84.5 Å². The molecule has 11 aliphatic rings. The number of hydrogen-bond donors (Lipinski definition) is 0. The summed E-state index contributed by atoms with van der Waals surface area (Å²) < 4.78 is 0. The lowest BCUT2D eigenvalue weighted by molar-refractivity contribution is -0.140. The molecular formula is C52H86N2. The maximum absolute atomic E-state index is 3.50. The molecule has 0 heterocycles. The van der Waals surface area contributed by atoms with Gasteiger partial charge in [0.1, 0.15) is 0 Å². The zero-order chi connectivity index (χ0) is 35.9. The van der Waals surface area contributed by atoms with E-state index in [4.69, 9.17) is 0 Å². The van der Waals surface area contributed by atoms with Gasteiger partial charge in [0.2, 0.25) is 0 Å². The fourth-order valence-corrected chi connectivity index (χ4v) is 20.0. The fourth-order valence-electron chi connectivity index (χ4n) is 20.0. The summed E-state index contributed by atoms with van der Waals surface area (Å²) in [4.78, 5) is 7.00. The van der Waals surface area contributed by atoms with Gasteiger partial charge in [-0.25, -0.2) is 0 Å². The van der Waals surface area contributed by atoms with E-state index in [9.17, 15) is 0 Å². The van der Waals surface area contributed by atoms with Gasteiger partial charge in [-0.15, -0.1) is 0 Å². The molecule has 0 aromatic carbocycles. The molecule has 0 saturated heterocycles. The Morgan fingerprint density at radius 3 is 1.06 bits per heavy atom. The molecule has 0 aromatic heterocycles. The van der Waals surface area contributed by atoms with E-state index in [1.165, 1.54) is 70.6 Å². The number of hydrogen-bond acceptors (Lipinski definition) is 2. The molecule has 0 aromatic rings. The van der Waals surface area contributed by atoms with E-state index < -0.39 is 0 Å². The fraction of sp³-hybridized carbons (Fsp3) is 1.00. The van der Waals surface area contributed by atoms with E-state index in [1.807, 2.05) is 0 Å². The van der Waals surface area contributed by atoms with Crippen LogP contribution >= 0.6 is 0 Å². The van der Waals surface area contributed by atoms with Crippen molar-refractivity contribution in [1.29, 1.82) is 0 Å². The summed E-state index contributed by atoms with van der Waals surface area (Å²) in [5, 5.41) is 0. The topological polar surface area (TPSA) is 6.48 Å². The molecule has 0 aliphatic heterocycles. The second-order valence-corrected chi connectivity index (χ2v) is 23.7. The molecule has 0 N–H and O–H groups in total. The summed E-state index contributed by atoms with van der Waals surface area (Å²) in [6.07, 6.45) is 46.9. The molecule has 54 heavy (non-hydrogen) atoms. The van der Waals surface area contributed by atoms with E-state index in [-0.39, 0.29) is 0 Å². The Balaban J connectivity index is 0.915. The molecule has 11 rings (SSSR count). The molecule has 20 atom stereocenters. The Labute approximate surface area is 334 Å². The first kappa shape index (κ1) is 37.0. The first-order valence-corrected chi connectivity index (χ1v) is 26.2. The highest BCUT2D eigenvalue weighted by Gasteiger charge is 2.58. The minimum Gasteiger partial charge on any atom is -0.294 e. The zero-order valence-electron chi connectivity index (χ0n) is 35.7. The van der Waals surface area contributed by atoms with Gasteiger partial charge in [-0.2, -0.15) is 0 Å². The predicted molar refractivity (Wildman–Crippen MR) is 225 cm³/mol. The molecule has 11 fully saturated rings. The van der Waals surface area contributed by atoms with Crippen LogP contribution in [0.4, 0.5) is 0 Å². The van der Waals surface area contributed by atoms with Crippen molar-refractivity contribution in [3.8, 4) is 0 Å². The average Bonchev–Trinajstić information content (AvgIpc) is 3.21. The number of rotatable bonds is 6. The Hall–Kier alpha value is -0.0800. The summed E-state index contributed by atoms with van der Waals surface area (Å²) in [7, 11) is 0.